The van der Waals surface area contributed by atoms with Gasteiger partial charge in [0.1, 0.15) is 0 Å². The minimum Gasteiger partial charge on any atom is -0.0651 e. The largest absolute Gasteiger partial charge is 0.0651 e. The van der Waals surface area contributed by atoms with E-state index in [9.17, 15) is 0 Å². The first-order valence-electron chi connectivity index (χ1n) is 8.66. The van der Waals surface area contributed by atoms with Crippen LogP contribution in [0.1, 0.15) is 88.0 Å². The summed E-state index contributed by atoms with van der Waals surface area (Å²) in [6.07, 6.45) is 5.50. The van der Waals surface area contributed by atoms with Crippen molar-refractivity contribution in [2.24, 2.45) is 35.0 Å². The van der Waals surface area contributed by atoms with E-state index in [1.165, 1.54) is 25.7 Å². The molecule has 0 spiro atoms. The second-order valence-corrected chi connectivity index (χ2v) is 7.99. The predicted molar refractivity (Wildman–Crippen MR) is 89.4 cm³/mol. The summed E-state index contributed by atoms with van der Waals surface area (Å²) in [5.41, 5.74) is 0.465. The van der Waals surface area contributed by atoms with Crippen molar-refractivity contribution in [1.82, 2.24) is 0 Å². The number of rotatable bonds is 9. The molecule has 0 aliphatic rings. The minimum absolute atomic E-state index is 0.465. The molecule has 0 N–H and O–H groups in total. The van der Waals surface area contributed by atoms with Crippen molar-refractivity contribution in [2.75, 3.05) is 0 Å². The first kappa shape index (κ1) is 19.0. The molecule has 0 aromatic heterocycles. The lowest BCUT2D eigenvalue weighted by Gasteiger charge is -2.38. The second kappa shape index (κ2) is 8.32. The monoisotopic (exact) mass is 268 g/mol. The van der Waals surface area contributed by atoms with Gasteiger partial charge in [0.25, 0.3) is 0 Å². The van der Waals surface area contributed by atoms with E-state index in [1.807, 2.05) is 0 Å². The Morgan fingerprint density at radius 3 is 1.63 bits per heavy atom. The Bertz CT molecular complexity index is 226. The Balaban J connectivity index is 4.48. The molecule has 116 valence electrons. The second-order valence-electron chi connectivity index (χ2n) is 7.99. The van der Waals surface area contributed by atoms with Crippen molar-refractivity contribution in [1.29, 1.82) is 0 Å². The maximum atomic E-state index is 2.47. The molecule has 0 bridgehead atoms. The predicted octanol–water partition coefficient (Wildman–Crippen LogP) is 6.79. The third-order valence-corrected chi connectivity index (χ3v) is 6.34. The molecule has 0 aliphatic heterocycles. The van der Waals surface area contributed by atoms with Crippen molar-refractivity contribution in [3.05, 3.63) is 0 Å². The van der Waals surface area contributed by atoms with Gasteiger partial charge in [0.05, 0.1) is 0 Å². The molecule has 4 unspecified atom stereocenters. The van der Waals surface area contributed by atoms with Crippen molar-refractivity contribution in [3.8, 4) is 0 Å². The van der Waals surface area contributed by atoms with E-state index in [0.717, 1.165) is 29.6 Å². The quantitative estimate of drug-likeness (QED) is 0.431. The van der Waals surface area contributed by atoms with Gasteiger partial charge < -0.3 is 0 Å². The lowest BCUT2D eigenvalue weighted by molar-refractivity contribution is 0.117. The van der Waals surface area contributed by atoms with E-state index >= 15 is 0 Å². The molecule has 0 heteroatoms. The third kappa shape index (κ3) is 5.88. The highest BCUT2D eigenvalue weighted by Crippen LogP contribution is 2.40. The highest BCUT2D eigenvalue weighted by Gasteiger charge is 2.31. The van der Waals surface area contributed by atoms with Gasteiger partial charge in [-0.25, -0.2) is 0 Å². The Labute approximate surface area is 123 Å². The maximum absolute atomic E-state index is 2.47. The fraction of sp³-hybridized carbons (Fsp3) is 1.00. The number of hydrogen-bond acceptors (Lipinski definition) is 0. The van der Waals surface area contributed by atoms with E-state index in [-0.39, 0.29) is 0 Å². The fourth-order valence-electron chi connectivity index (χ4n) is 2.96. The molecule has 0 heterocycles. The van der Waals surface area contributed by atoms with Crippen LogP contribution < -0.4 is 0 Å². The van der Waals surface area contributed by atoms with Crippen molar-refractivity contribution >= 4 is 0 Å². The third-order valence-electron chi connectivity index (χ3n) is 6.34. The molecule has 0 fully saturated rings. The highest BCUT2D eigenvalue weighted by molar-refractivity contribution is 4.81. The molecule has 0 amide bonds. The van der Waals surface area contributed by atoms with E-state index in [0.29, 0.717) is 5.41 Å². The van der Waals surface area contributed by atoms with Crippen LogP contribution in [0, 0.1) is 35.0 Å². The molecule has 19 heavy (non-hydrogen) atoms. The van der Waals surface area contributed by atoms with Crippen LogP contribution in [0.2, 0.25) is 0 Å². The van der Waals surface area contributed by atoms with Crippen LogP contribution in [0.4, 0.5) is 0 Å². The zero-order valence-electron chi connectivity index (χ0n) is 15.2. The summed E-state index contributed by atoms with van der Waals surface area (Å²) in [5, 5.41) is 0. The molecule has 0 aromatic rings. The topological polar surface area (TPSA) is 0 Å². The Morgan fingerprint density at radius 1 is 0.737 bits per heavy atom. The Kier molecular flexibility index (Phi) is 8.32. The normalized spacial score (nSPS) is 19.3. The molecule has 0 rings (SSSR count). The molecule has 0 aromatic carbocycles. The Hall–Kier alpha value is 0. The van der Waals surface area contributed by atoms with Crippen molar-refractivity contribution in [2.45, 2.75) is 88.0 Å². The van der Waals surface area contributed by atoms with Gasteiger partial charge in [-0.3, -0.25) is 0 Å². The fourth-order valence-corrected chi connectivity index (χ4v) is 2.96. The van der Waals surface area contributed by atoms with Crippen LogP contribution in [0.15, 0.2) is 0 Å². The SMILES string of the molecule is CCC(CC(C)C(C)CC)CC(C)C(C)(C)C(C)C. The molecule has 0 nitrogen and oxygen atoms in total. The van der Waals surface area contributed by atoms with Crippen LogP contribution in [0.3, 0.4) is 0 Å². The van der Waals surface area contributed by atoms with Gasteiger partial charge in [0, 0.05) is 0 Å². The van der Waals surface area contributed by atoms with E-state index in [1.54, 1.807) is 0 Å². The van der Waals surface area contributed by atoms with Gasteiger partial charge in [-0.2, -0.15) is 0 Å². The standard InChI is InChI=1S/C19H40/c1-10-15(5)16(6)12-18(11-2)13-17(7)19(8,9)14(3)4/h14-18H,10-13H2,1-9H3. The lowest BCUT2D eigenvalue weighted by atomic mass is 9.67. The maximum Gasteiger partial charge on any atom is -0.0305 e. The summed E-state index contributed by atoms with van der Waals surface area (Å²) in [5.74, 6) is 4.26. The van der Waals surface area contributed by atoms with Crippen LogP contribution in [-0.4, -0.2) is 0 Å². The average Bonchev–Trinajstić information content (AvgIpc) is 2.35. The van der Waals surface area contributed by atoms with E-state index in [2.05, 4.69) is 62.3 Å². The highest BCUT2D eigenvalue weighted by atomic mass is 14.4. The average molecular weight is 269 g/mol. The molecule has 0 aliphatic carbocycles. The first-order chi connectivity index (χ1) is 8.66. The van der Waals surface area contributed by atoms with Gasteiger partial charge in [-0.05, 0) is 47.8 Å². The van der Waals surface area contributed by atoms with Crippen molar-refractivity contribution < 1.29 is 0 Å². The zero-order chi connectivity index (χ0) is 15.2. The van der Waals surface area contributed by atoms with E-state index in [4.69, 9.17) is 0 Å². The first-order valence-corrected chi connectivity index (χ1v) is 8.66. The molecule has 0 saturated carbocycles. The van der Waals surface area contributed by atoms with Crippen LogP contribution >= 0.6 is 0 Å². The van der Waals surface area contributed by atoms with Crippen LogP contribution in [-0.2, 0) is 0 Å². The van der Waals surface area contributed by atoms with Crippen molar-refractivity contribution in [3.63, 3.8) is 0 Å². The molecule has 0 radical (unpaired) electrons. The minimum atomic E-state index is 0.465. The summed E-state index contributed by atoms with van der Waals surface area (Å²) in [4.78, 5) is 0. The Morgan fingerprint density at radius 2 is 1.26 bits per heavy atom. The van der Waals surface area contributed by atoms with Gasteiger partial charge in [0.2, 0.25) is 0 Å². The smallest absolute Gasteiger partial charge is 0.0305 e. The summed E-state index contributed by atoms with van der Waals surface area (Å²) in [6.45, 7) is 21.7. The van der Waals surface area contributed by atoms with Gasteiger partial charge >= 0.3 is 0 Å². The van der Waals surface area contributed by atoms with Gasteiger partial charge in [-0.15, -0.1) is 0 Å². The van der Waals surface area contributed by atoms with E-state index < -0.39 is 0 Å². The van der Waals surface area contributed by atoms with Crippen LogP contribution in [0.25, 0.3) is 0 Å². The summed E-state index contributed by atoms with van der Waals surface area (Å²) >= 11 is 0. The van der Waals surface area contributed by atoms with Gasteiger partial charge in [0.15, 0.2) is 0 Å². The summed E-state index contributed by atoms with van der Waals surface area (Å²) in [7, 11) is 0. The summed E-state index contributed by atoms with van der Waals surface area (Å²) < 4.78 is 0. The molecule has 0 saturated heterocycles. The van der Waals surface area contributed by atoms with Crippen LogP contribution in [0.5, 0.6) is 0 Å². The molecular formula is C19H40. The lowest BCUT2D eigenvalue weighted by Crippen LogP contribution is -2.29. The molecule has 4 atom stereocenters. The molecular weight excluding hydrogens is 228 g/mol. The number of hydrogen-bond donors (Lipinski definition) is 0. The van der Waals surface area contributed by atoms with Gasteiger partial charge in [-0.1, -0.05) is 75.2 Å². The zero-order valence-corrected chi connectivity index (χ0v) is 15.2. The summed E-state index contributed by atoms with van der Waals surface area (Å²) in [6, 6.07) is 0.